The van der Waals surface area contributed by atoms with Crippen molar-refractivity contribution in [2.45, 2.75) is 33.2 Å². The predicted molar refractivity (Wildman–Crippen MR) is 53.6 cm³/mol. The van der Waals surface area contributed by atoms with Crippen LogP contribution in [0.15, 0.2) is 0 Å². The highest BCUT2D eigenvalue weighted by atomic mass is 16.2. The number of nitrogens with zero attached hydrogens (tertiary/aromatic N) is 1. The molecule has 0 spiro atoms. The average Bonchev–Trinajstić information content (AvgIpc) is 2.22. The molecular formula is C10H18N2O2. The number of amides is 2. The first kappa shape index (κ1) is 11.2. The van der Waals surface area contributed by atoms with Crippen molar-refractivity contribution in [3.05, 3.63) is 0 Å². The van der Waals surface area contributed by atoms with Crippen molar-refractivity contribution in [2.75, 3.05) is 13.6 Å². The molecule has 80 valence electrons. The maximum Gasteiger partial charge on any atom is 0.235 e. The summed E-state index contributed by atoms with van der Waals surface area (Å²) in [6, 6.07) is -0.0539. The van der Waals surface area contributed by atoms with E-state index >= 15 is 0 Å². The monoisotopic (exact) mass is 198 g/mol. The van der Waals surface area contributed by atoms with Gasteiger partial charge in [0.25, 0.3) is 0 Å². The largest absolute Gasteiger partial charge is 0.318 e. The molecule has 0 aromatic carbocycles. The Hall–Kier alpha value is -0.900. The van der Waals surface area contributed by atoms with Crippen LogP contribution in [0.3, 0.4) is 0 Å². The van der Waals surface area contributed by atoms with Crippen LogP contribution in [0.25, 0.3) is 0 Å². The lowest BCUT2D eigenvalue weighted by Gasteiger charge is -2.24. The Morgan fingerprint density at radius 3 is 2.43 bits per heavy atom. The van der Waals surface area contributed by atoms with Gasteiger partial charge in [0, 0.05) is 19.0 Å². The molecule has 1 unspecified atom stereocenters. The number of nitrogens with one attached hydrogen (secondary N) is 1. The van der Waals surface area contributed by atoms with Gasteiger partial charge in [0.15, 0.2) is 0 Å². The fourth-order valence-corrected chi connectivity index (χ4v) is 1.81. The van der Waals surface area contributed by atoms with Gasteiger partial charge in [0.2, 0.25) is 11.8 Å². The standard InChI is InChI=1S/C10H18N2O2/c1-7(6-11-4)12-8(13)5-10(2,3)9(12)14/h7,11H,5-6H2,1-4H3. The highest BCUT2D eigenvalue weighted by Gasteiger charge is 2.46. The van der Waals surface area contributed by atoms with Crippen LogP contribution in [-0.4, -0.2) is 36.3 Å². The lowest BCUT2D eigenvalue weighted by atomic mass is 9.92. The Balaban J connectivity index is 2.80. The molecule has 0 saturated carbocycles. The molecule has 1 rings (SSSR count). The maximum atomic E-state index is 11.8. The van der Waals surface area contributed by atoms with E-state index in [2.05, 4.69) is 5.32 Å². The van der Waals surface area contributed by atoms with E-state index in [-0.39, 0.29) is 17.9 Å². The molecular weight excluding hydrogens is 180 g/mol. The molecule has 1 heterocycles. The van der Waals surface area contributed by atoms with E-state index < -0.39 is 5.41 Å². The SMILES string of the molecule is CNCC(C)N1C(=O)CC(C)(C)C1=O. The first-order valence-corrected chi connectivity index (χ1v) is 4.91. The van der Waals surface area contributed by atoms with Gasteiger partial charge >= 0.3 is 0 Å². The summed E-state index contributed by atoms with van der Waals surface area (Å²) < 4.78 is 0. The van der Waals surface area contributed by atoms with Gasteiger partial charge in [-0.1, -0.05) is 13.8 Å². The molecule has 1 aliphatic rings. The van der Waals surface area contributed by atoms with E-state index in [0.29, 0.717) is 13.0 Å². The zero-order chi connectivity index (χ0) is 10.9. The number of likely N-dealkylation sites (N-methyl/N-ethyl adjacent to an activating group) is 1. The fraction of sp³-hybridized carbons (Fsp3) is 0.800. The molecule has 0 bridgehead atoms. The first-order chi connectivity index (χ1) is 6.40. The van der Waals surface area contributed by atoms with Crippen LogP contribution in [-0.2, 0) is 9.59 Å². The summed E-state index contributed by atoms with van der Waals surface area (Å²) in [7, 11) is 1.81. The number of imide groups is 1. The Morgan fingerprint density at radius 2 is 2.07 bits per heavy atom. The van der Waals surface area contributed by atoms with Crippen LogP contribution in [0.5, 0.6) is 0 Å². The van der Waals surface area contributed by atoms with Gasteiger partial charge in [0.05, 0.1) is 5.41 Å². The topological polar surface area (TPSA) is 49.4 Å². The van der Waals surface area contributed by atoms with Gasteiger partial charge in [-0.15, -0.1) is 0 Å². The highest BCUT2D eigenvalue weighted by Crippen LogP contribution is 2.32. The number of hydrogen-bond acceptors (Lipinski definition) is 3. The van der Waals surface area contributed by atoms with Crippen molar-refractivity contribution >= 4 is 11.8 Å². The van der Waals surface area contributed by atoms with E-state index in [4.69, 9.17) is 0 Å². The van der Waals surface area contributed by atoms with Crippen molar-refractivity contribution in [1.82, 2.24) is 10.2 Å². The molecule has 14 heavy (non-hydrogen) atoms. The lowest BCUT2D eigenvalue weighted by Crippen LogP contribution is -2.44. The molecule has 1 N–H and O–H groups in total. The van der Waals surface area contributed by atoms with Crippen LogP contribution >= 0.6 is 0 Å². The molecule has 1 fully saturated rings. The zero-order valence-electron chi connectivity index (χ0n) is 9.26. The van der Waals surface area contributed by atoms with Gasteiger partial charge in [-0.25, -0.2) is 0 Å². The summed E-state index contributed by atoms with van der Waals surface area (Å²) in [6.45, 7) is 6.17. The number of likely N-dealkylation sites (tertiary alicyclic amines) is 1. The van der Waals surface area contributed by atoms with Crippen molar-refractivity contribution in [3.63, 3.8) is 0 Å². The summed E-state index contributed by atoms with van der Waals surface area (Å²) >= 11 is 0. The number of hydrogen-bond donors (Lipinski definition) is 1. The normalized spacial score (nSPS) is 23.0. The fourth-order valence-electron chi connectivity index (χ4n) is 1.81. The van der Waals surface area contributed by atoms with E-state index in [1.807, 2.05) is 27.8 Å². The van der Waals surface area contributed by atoms with Crippen molar-refractivity contribution < 1.29 is 9.59 Å². The summed E-state index contributed by atoms with van der Waals surface area (Å²) in [6.07, 6.45) is 0.333. The molecule has 0 aliphatic carbocycles. The number of carbonyl (C=O) groups is 2. The summed E-state index contributed by atoms with van der Waals surface area (Å²) in [5.41, 5.74) is -0.515. The Kier molecular flexibility index (Phi) is 2.95. The van der Waals surface area contributed by atoms with Gasteiger partial charge in [-0.2, -0.15) is 0 Å². The minimum absolute atomic E-state index is 0.0507. The molecule has 4 nitrogen and oxygen atoms in total. The predicted octanol–water partition coefficient (Wildman–Crippen LogP) is 0.379. The van der Waals surface area contributed by atoms with E-state index in [0.717, 1.165) is 0 Å². The van der Waals surface area contributed by atoms with Crippen LogP contribution in [0.1, 0.15) is 27.2 Å². The van der Waals surface area contributed by atoms with Gasteiger partial charge in [-0.3, -0.25) is 14.5 Å². The molecule has 2 amide bonds. The molecule has 0 aromatic heterocycles. The molecule has 4 heteroatoms. The Labute approximate surface area is 84.7 Å². The van der Waals surface area contributed by atoms with Crippen LogP contribution < -0.4 is 5.32 Å². The maximum absolute atomic E-state index is 11.8. The van der Waals surface area contributed by atoms with Crippen LogP contribution in [0, 0.1) is 5.41 Å². The zero-order valence-corrected chi connectivity index (χ0v) is 9.26. The smallest absolute Gasteiger partial charge is 0.235 e. The quantitative estimate of drug-likeness (QED) is 0.667. The third-order valence-electron chi connectivity index (χ3n) is 2.60. The Bertz CT molecular complexity index is 261. The van der Waals surface area contributed by atoms with E-state index in [1.165, 1.54) is 4.90 Å². The minimum atomic E-state index is -0.515. The number of carbonyl (C=O) groups excluding carboxylic acids is 2. The molecule has 1 saturated heterocycles. The van der Waals surface area contributed by atoms with E-state index in [1.54, 1.807) is 0 Å². The number of rotatable bonds is 3. The second-order valence-electron chi connectivity index (χ2n) is 4.54. The average molecular weight is 198 g/mol. The van der Waals surface area contributed by atoms with E-state index in [9.17, 15) is 9.59 Å². The minimum Gasteiger partial charge on any atom is -0.318 e. The summed E-state index contributed by atoms with van der Waals surface area (Å²) in [5, 5.41) is 2.97. The summed E-state index contributed by atoms with van der Waals surface area (Å²) in [5.74, 6) is -0.104. The molecule has 0 radical (unpaired) electrons. The second-order valence-corrected chi connectivity index (χ2v) is 4.54. The summed E-state index contributed by atoms with van der Waals surface area (Å²) in [4.78, 5) is 24.8. The highest BCUT2D eigenvalue weighted by molar-refractivity contribution is 6.05. The third-order valence-corrected chi connectivity index (χ3v) is 2.60. The lowest BCUT2D eigenvalue weighted by molar-refractivity contribution is -0.143. The Morgan fingerprint density at radius 1 is 1.50 bits per heavy atom. The molecule has 1 atom stereocenters. The van der Waals surface area contributed by atoms with Gasteiger partial charge < -0.3 is 5.32 Å². The second kappa shape index (κ2) is 3.69. The van der Waals surface area contributed by atoms with Crippen molar-refractivity contribution in [3.8, 4) is 0 Å². The van der Waals surface area contributed by atoms with Crippen molar-refractivity contribution in [2.24, 2.45) is 5.41 Å². The third kappa shape index (κ3) is 1.80. The molecule has 0 aromatic rings. The molecule has 1 aliphatic heterocycles. The van der Waals surface area contributed by atoms with Gasteiger partial charge in [-0.05, 0) is 14.0 Å². The van der Waals surface area contributed by atoms with Crippen molar-refractivity contribution in [1.29, 1.82) is 0 Å². The van der Waals surface area contributed by atoms with Crippen LogP contribution in [0.2, 0.25) is 0 Å². The van der Waals surface area contributed by atoms with Crippen LogP contribution in [0.4, 0.5) is 0 Å². The van der Waals surface area contributed by atoms with Gasteiger partial charge in [0.1, 0.15) is 0 Å². The first-order valence-electron chi connectivity index (χ1n) is 4.91.